The lowest BCUT2D eigenvalue weighted by molar-refractivity contribution is -0.368. The smallest absolute Gasteiger partial charge is 0.189 e. The van der Waals surface area contributed by atoms with Crippen LogP contribution in [-0.4, -0.2) is 55.2 Å². The quantitative estimate of drug-likeness (QED) is 0.0970. The molecule has 0 spiro atoms. The summed E-state index contributed by atoms with van der Waals surface area (Å²) in [4.78, 5) is 14.2. The van der Waals surface area contributed by atoms with Crippen LogP contribution in [0, 0.1) is 0 Å². The minimum absolute atomic E-state index is 0.112. The van der Waals surface area contributed by atoms with E-state index in [2.05, 4.69) is 0 Å². The van der Waals surface area contributed by atoms with Crippen LogP contribution >= 0.6 is 0 Å². The van der Waals surface area contributed by atoms with Gasteiger partial charge in [0.15, 0.2) is 5.78 Å². The molecule has 4 N–H and O–H groups in total. The molecule has 6 atom stereocenters. The Bertz CT molecular complexity index is 2310. The molecule has 1 saturated heterocycles. The summed E-state index contributed by atoms with van der Waals surface area (Å²) in [5, 5.41) is 53.3. The molecule has 282 valence electrons. The maximum atomic E-state index is 14.2. The molecule has 8 rings (SSSR count). The number of allylic oxidation sites excluding steroid dienone is 1. The van der Waals surface area contributed by atoms with Gasteiger partial charge in [-0.1, -0.05) is 164 Å². The van der Waals surface area contributed by atoms with E-state index in [1.54, 1.807) is 24.3 Å². The first-order chi connectivity index (χ1) is 27.2. The largest absolute Gasteiger partial charge is 0.390 e. The van der Waals surface area contributed by atoms with Crippen LogP contribution in [0.25, 0.3) is 6.08 Å². The lowest BCUT2D eigenvalue weighted by Gasteiger charge is -2.62. The van der Waals surface area contributed by atoms with Crippen LogP contribution in [0.2, 0.25) is 0 Å². The monoisotopic (exact) mass is 742 g/mol. The van der Waals surface area contributed by atoms with Gasteiger partial charge in [-0.25, -0.2) is 0 Å². The molecule has 0 aromatic heterocycles. The van der Waals surface area contributed by atoms with Crippen molar-refractivity contribution in [3.8, 4) is 0 Å². The number of carbonyl (C=O) groups excluding carboxylic acids is 1. The van der Waals surface area contributed by atoms with Gasteiger partial charge in [-0.2, -0.15) is 0 Å². The lowest BCUT2D eigenvalue weighted by Crippen LogP contribution is -2.81. The average molecular weight is 743 g/mol. The van der Waals surface area contributed by atoms with Crippen molar-refractivity contribution < 1.29 is 30.0 Å². The van der Waals surface area contributed by atoms with E-state index < -0.39 is 35.1 Å². The summed E-state index contributed by atoms with van der Waals surface area (Å²) >= 11 is 0. The number of rotatable bonds is 12. The highest BCUT2D eigenvalue weighted by molar-refractivity contribution is 6.12. The first-order valence-electron chi connectivity index (χ1n) is 19.3. The van der Waals surface area contributed by atoms with Crippen molar-refractivity contribution in [2.24, 2.45) is 0 Å². The maximum Gasteiger partial charge on any atom is 0.189 e. The normalized spacial score (nSPS) is 24.9. The number of fused-ring (bicyclic) bond motifs is 1. The Balaban J connectivity index is 1.31. The van der Waals surface area contributed by atoms with Crippen molar-refractivity contribution in [3.63, 3.8) is 0 Å². The van der Waals surface area contributed by atoms with Crippen molar-refractivity contribution in [1.29, 1.82) is 0 Å². The third kappa shape index (κ3) is 7.07. The molecule has 1 unspecified atom stereocenters. The molecule has 1 aliphatic heterocycles. The van der Waals surface area contributed by atoms with Crippen LogP contribution in [0.3, 0.4) is 0 Å². The van der Waals surface area contributed by atoms with E-state index in [0.29, 0.717) is 39.8 Å². The number of carbonyl (C=O) groups is 1. The molecule has 6 aromatic rings. The molecule has 0 saturated carbocycles. The van der Waals surface area contributed by atoms with E-state index in [9.17, 15) is 25.2 Å². The lowest BCUT2D eigenvalue weighted by atomic mass is 9.56. The van der Waals surface area contributed by atoms with Crippen molar-refractivity contribution >= 4 is 11.9 Å². The molecule has 6 nitrogen and oxygen atoms in total. The number of aliphatic hydroxyl groups is 4. The van der Waals surface area contributed by atoms with Crippen molar-refractivity contribution in [1.82, 2.24) is 0 Å². The van der Waals surface area contributed by atoms with Gasteiger partial charge in [0.1, 0.15) is 29.0 Å². The van der Waals surface area contributed by atoms with Gasteiger partial charge in [0.05, 0.1) is 6.10 Å². The standard InChI is InChI=1S/C50H46O6/c51-44(28-35-16-5-1-6-17-35)47-49(54,33-37-20-9-3-10-21-37)50(55,34-38-22-11-4-12-23-38)48(53,32-36-18-7-2-8-19-36)46(56-47)42-27-15-26-41(31-42)45(52)43-29-39-24-13-14-25-40(39)30-43/h1-27,29,31,44,46-47,51,53-55H,28,30,32-34H2/t44?,46-,47+,48-,49+,50+/m0/s1. The molecular weight excluding hydrogens is 697 g/mol. The Labute approximate surface area is 328 Å². The Kier molecular flexibility index (Phi) is 10.4. The van der Waals surface area contributed by atoms with Crippen LogP contribution in [0.15, 0.2) is 175 Å². The van der Waals surface area contributed by atoms with Gasteiger partial charge in [-0.15, -0.1) is 0 Å². The molecule has 2 aliphatic rings. The summed E-state index contributed by atoms with van der Waals surface area (Å²) in [5.41, 5.74) is -0.289. The van der Waals surface area contributed by atoms with Gasteiger partial charge in [0, 0.05) is 43.2 Å². The summed E-state index contributed by atoms with van der Waals surface area (Å²) < 4.78 is 6.99. The second-order valence-electron chi connectivity index (χ2n) is 15.4. The van der Waals surface area contributed by atoms with Crippen molar-refractivity contribution in [2.75, 3.05) is 0 Å². The Morgan fingerprint density at radius 1 is 0.607 bits per heavy atom. The van der Waals surface area contributed by atoms with Crippen molar-refractivity contribution in [3.05, 3.63) is 220 Å². The minimum atomic E-state index is -2.34. The Morgan fingerprint density at radius 3 is 1.71 bits per heavy atom. The average Bonchev–Trinajstić information content (AvgIpc) is 3.66. The van der Waals surface area contributed by atoms with Gasteiger partial charge in [-0.3, -0.25) is 4.79 Å². The molecule has 1 heterocycles. The number of aliphatic hydroxyl groups excluding tert-OH is 1. The van der Waals surface area contributed by atoms with E-state index in [1.165, 1.54) is 0 Å². The van der Waals surface area contributed by atoms with Gasteiger partial charge in [0.25, 0.3) is 0 Å². The van der Waals surface area contributed by atoms with Gasteiger partial charge >= 0.3 is 0 Å². The second kappa shape index (κ2) is 15.6. The zero-order chi connectivity index (χ0) is 38.8. The Hall–Kier alpha value is -5.47. The number of hydrogen-bond acceptors (Lipinski definition) is 6. The van der Waals surface area contributed by atoms with E-state index in [4.69, 9.17) is 4.74 Å². The van der Waals surface area contributed by atoms with Gasteiger partial charge in [0.2, 0.25) is 0 Å². The van der Waals surface area contributed by atoms with Crippen LogP contribution in [-0.2, 0) is 36.8 Å². The molecule has 0 radical (unpaired) electrons. The van der Waals surface area contributed by atoms with E-state index in [-0.39, 0.29) is 31.5 Å². The van der Waals surface area contributed by atoms with E-state index in [1.807, 2.05) is 152 Å². The topological polar surface area (TPSA) is 107 Å². The maximum absolute atomic E-state index is 14.2. The van der Waals surface area contributed by atoms with Gasteiger partial charge in [-0.05, 0) is 51.1 Å². The molecule has 6 heteroatoms. The van der Waals surface area contributed by atoms with Crippen LogP contribution in [0.1, 0.15) is 55.4 Å². The number of ether oxygens (including phenoxy) is 1. The van der Waals surface area contributed by atoms with Gasteiger partial charge < -0.3 is 25.2 Å². The van der Waals surface area contributed by atoms with E-state index >= 15 is 0 Å². The predicted octanol–water partition coefficient (Wildman–Crippen LogP) is 7.47. The third-order valence-corrected chi connectivity index (χ3v) is 11.7. The fraction of sp³-hybridized carbons (Fsp3) is 0.220. The fourth-order valence-electron chi connectivity index (χ4n) is 8.88. The summed E-state index contributed by atoms with van der Waals surface area (Å²) in [5.74, 6) is -0.147. The van der Waals surface area contributed by atoms with Crippen LogP contribution in [0.4, 0.5) is 0 Å². The summed E-state index contributed by atoms with van der Waals surface area (Å²) in [6, 6.07) is 52.3. The first kappa shape index (κ1) is 37.5. The number of hydrogen-bond donors (Lipinski definition) is 4. The van der Waals surface area contributed by atoms with E-state index in [0.717, 1.165) is 16.7 Å². The first-order valence-corrected chi connectivity index (χ1v) is 19.3. The number of Topliss-reactive ketones (excluding diaryl/α,β-unsaturated/α-hetero) is 1. The zero-order valence-electron chi connectivity index (χ0n) is 31.1. The highest BCUT2D eigenvalue weighted by atomic mass is 16.6. The predicted molar refractivity (Wildman–Crippen MR) is 218 cm³/mol. The zero-order valence-corrected chi connectivity index (χ0v) is 31.1. The molecule has 1 fully saturated rings. The number of ketones is 1. The molecule has 0 bridgehead atoms. The minimum Gasteiger partial charge on any atom is -0.390 e. The second-order valence-corrected chi connectivity index (χ2v) is 15.4. The highest BCUT2D eigenvalue weighted by Gasteiger charge is 2.72. The van der Waals surface area contributed by atoms with Crippen LogP contribution in [0.5, 0.6) is 0 Å². The molecule has 6 aromatic carbocycles. The number of benzene rings is 6. The fourth-order valence-corrected chi connectivity index (χ4v) is 8.88. The van der Waals surface area contributed by atoms with Crippen LogP contribution < -0.4 is 0 Å². The summed E-state index contributed by atoms with van der Waals surface area (Å²) in [6.07, 6.45) is -1.89. The summed E-state index contributed by atoms with van der Waals surface area (Å²) in [6.45, 7) is 0. The molecule has 1 aliphatic carbocycles. The molecular formula is C50H46O6. The third-order valence-electron chi connectivity index (χ3n) is 11.7. The SMILES string of the molecule is O=C(C1=Cc2ccccc2C1)c1cccc([C@@H]2O[C@H](C(O)Cc3ccccc3)[C@](O)(Cc3ccccc3)[C@@](O)(Cc3ccccc3)[C@]2(O)Cc2ccccc2)c1. The molecule has 0 amide bonds. The molecule has 56 heavy (non-hydrogen) atoms. The van der Waals surface area contributed by atoms with Crippen molar-refractivity contribution in [2.45, 2.75) is 67.2 Å². The highest BCUT2D eigenvalue weighted by Crippen LogP contribution is 2.55. The summed E-state index contributed by atoms with van der Waals surface area (Å²) in [7, 11) is 0. The Morgan fingerprint density at radius 2 is 1.12 bits per heavy atom.